The first-order valence-electron chi connectivity index (χ1n) is 7.38. The fourth-order valence-electron chi connectivity index (χ4n) is 2.42. The van der Waals surface area contributed by atoms with Crippen LogP contribution in [-0.2, 0) is 16.0 Å². The summed E-state index contributed by atoms with van der Waals surface area (Å²) in [5, 5.41) is 11.5. The van der Waals surface area contributed by atoms with E-state index in [1.807, 2.05) is 20.8 Å². The second-order valence-electron chi connectivity index (χ2n) is 6.51. The zero-order valence-electron chi connectivity index (χ0n) is 13.2. The molecule has 1 saturated heterocycles. The Morgan fingerprint density at radius 3 is 2.86 bits per heavy atom. The summed E-state index contributed by atoms with van der Waals surface area (Å²) in [4.78, 5) is 29.0. The van der Waals surface area contributed by atoms with Crippen molar-refractivity contribution < 1.29 is 19.4 Å². The molecule has 2 heterocycles. The fraction of sp³-hybridized carbons (Fsp3) is 0.667. The Balaban J connectivity index is 1.99. The van der Waals surface area contributed by atoms with Gasteiger partial charge in [0.15, 0.2) is 0 Å². The van der Waals surface area contributed by atoms with Crippen LogP contribution in [0.3, 0.4) is 0 Å². The van der Waals surface area contributed by atoms with E-state index in [0.29, 0.717) is 18.8 Å². The molecule has 6 nitrogen and oxygen atoms in total. The van der Waals surface area contributed by atoms with E-state index >= 15 is 0 Å². The van der Waals surface area contributed by atoms with Crippen LogP contribution in [0.25, 0.3) is 0 Å². The summed E-state index contributed by atoms with van der Waals surface area (Å²) >= 11 is 1.47. The number of likely N-dealkylation sites (tertiary alicyclic amines) is 1. The molecule has 0 bridgehead atoms. The van der Waals surface area contributed by atoms with Crippen molar-refractivity contribution in [2.24, 2.45) is 0 Å². The molecule has 1 aromatic rings. The first kappa shape index (κ1) is 16.7. The molecule has 122 valence electrons. The smallest absolute Gasteiger partial charge is 0.410 e. The molecule has 0 radical (unpaired) electrons. The summed E-state index contributed by atoms with van der Waals surface area (Å²) in [7, 11) is 0. The third-order valence-electron chi connectivity index (χ3n) is 3.32. The van der Waals surface area contributed by atoms with E-state index < -0.39 is 11.6 Å². The molecule has 1 aromatic heterocycles. The maximum absolute atomic E-state index is 12.2. The highest BCUT2D eigenvalue weighted by molar-refractivity contribution is 7.09. The first-order chi connectivity index (χ1) is 10.2. The van der Waals surface area contributed by atoms with E-state index in [1.54, 1.807) is 10.3 Å². The van der Waals surface area contributed by atoms with Gasteiger partial charge in [-0.25, -0.2) is 9.78 Å². The molecule has 0 spiro atoms. The number of piperidine rings is 1. The number of nitrogens with zero attached hydrogens (tertiary/aromatic N) is 2. The Hall–Kier alpha value is -1.63. The van der Waals surface area contributed by atoms with Gasteiger partial charge in [0.1, 0.15) is 5.60 Å². The van der Waals surface area contributed by atoms with Crippen molar-refractivity contribution in [1.82, 2.24) is 9.88 Å². The minimum absolute atomic E-state index is 0.0565. The van der Waals surface area contributed by atoms with Crippen LogP contribution in [-0.4, -0.2) is 45.7 Å². The van der Waals surface area contributed by atoms with Gasteiger partial charge < -0.3 is 14.7 Å². The number of carboxylic acid groups (broad SMARTS) is 1. The molecular weight excluding hydrogens is 304 g/mol. The lowest BCUT2D eigenvalue weighted by Crippen LogP contribution is -2.42. The fourth-order valence-corrected chi connectivity index (χ4v) is 3.36. The van der Waals surface area contributed by atoms with Crippen molar-refractivity contribution in [3.8, 4) is 0 Å². The summed E-state index contributed by atoms with van der Waals surface area (Å²) in [5.74, 6) is -0.718. The number of hydrogen-bond acceptors (Lipinski definition) is 5. The van der Waals surface area contributed by atoms with E-state index in [2.05, 4.69) is 4.98 Å². The van der Waals surface area contributed by atoms with Crippen LogP contribution < -0.4 is 0 Å². The van der Waals surface area contributed by atoms with Crippen LogP contribution in [0.5, 0.6) is 0 Å². The SMILES string of the molecule is CC(C)(C)OC(=O)N1CCC[C@H](c2nc(CC(=O)O)cs2)C1. The largest absolute Gasteiger partial charge is 0.481 e. The predicted octanol–water partition coefficient (Wildman–Crippen LogP) is 2.88. The average molecular weight is 326 g/mol. The Morgan fingerprint density at radius 2 is 2.23 bits per heavy atom. The molecule has 22 heavy (non-hydrogen) atoms. The number of aliphatic carboxylic acids is 1. The van der Waals surface area contributed by atoms with Crippen molar-refractivity contribution in [1.29, 1.82) is 0 Å². The van der Waals surface area contributed by atoms with Crippen LogP contribution in [0.2, 0.25) is 0 Å². The lowest BCUT2D eigenvalue weighted by Gasteiger charge is -2.33. The number of carbonyl (C=O) groups excluding carboxylic acids is 1. The maximum atomic E-state index is 12.2. The number of aromatic nitrogens is 1. The highest BCUT2D eigenvalue weighted by Crippen LogP contribution is 2.30. The van der Waals surface area contributed by atoms with Crippen LogP contribution in [0.15, 0.2) is 5.38 Å². The number of carbonyl (C=O) groups is 2. The summed E-state index contributed by atoms with van der Waals surface area (Å²) in [6.45, 7) is 6.83. The molecule has 1 fully saturated rings. The standard InChI is InChI=1S/C15H22N2O4S/c1-15(2,3)21-14(20)17-6-4-5-10(8-17)13-16-11(9-22-13)7-12(18)19/h9-10H,4-8H2,1-3H3,(H,18,19)/t10-/m0/s1. The molecule has 0 aliphatic carbocycles. The number of carboxylic acids is 1. The molecule has 0 saturated carbocycles. The quantitative estimate of drug-likeness (QED) is 0.924. The van der Waals surface area contributed by atoms with Gasteiger partial charge in [-0.05, 0) is 33.6 Å². The number of thiazole rings is 1. The van der Waals surface area contributed by atoms with Crippen molar-refractivity contribution in [3.05, 3.63) is 16.1 Å². The average Bonchev–Trinajstić information content (AvgIpc) is 2.84. The lowest BCUT2D eigenvalue weighted by atomic mass is 9.99. The van der Waals surface area contributed by atoms with Crippen molar-refractivity contribution >= 4 is 23.4 Å². The predicted molar refractivity (Wildman–Crippen MR) is 83.2 cm³/mol. The van der Waals surface area contributed by atoms with E-state index in [1.165, 1.54) is 11.3 Å². The number of ether oxygens (including phenoxy) is 1. The monoisotopic (exact) mass is 326 g/mol. The normalized spacial score (nSPS) is 19.0. The van der Waals surface area contributed by atoms with Gasteiger partial charge in [0.05, 0.1) is 17.1 Å². The molecular formula is C15H22N2O4S. The van der Waals surface area contributed by atoms with Gasteiger partial charge in [-0.3, -0.25) is 4.79 Å². The second-order valence-corrected chi connectivity index (χ2v) is 7.40. The highest BCUT2D eigenvalue weighted by atomic mass is 32.1. The van der Waals surface area contributed by atoms with Gasteiger partial charge in [0, 0.05) is 24.4 Å². The third kappa shape index (κ3) is 4.69. The van der Waals surface area contributed by atoms with Gasteiger partial charge in [-0.15, -0.1) is 11.3 Å². The lowest BCUT2D eigenvalue weighted by molar-refractivity contribution is -0.136. The van der Waals surface area contributed by atoms with Crippen LogP contribution in [0.4, 0.5) is 4.79 Å². The maximum Gasteiger partial charge on any atom is 0.410 e. The van der Waals surface area contributed by atoms with Crippen LogP contribution in [0, 0.1) is 0 Å². The summed E-state index contributed by atoms with van der Waals surface area (Å²) in [5.41, 5.74) is 0.0850. The molecule has 1 amide bonds. The minimum Gasteiger partial charge on any atom is -0.481 e. The Labute approximate surface area is 134 Å². The van der Waals surface area contributed by atoms with Crippen LogP contribution in [0.1, 0.15) is 50.2 Å². The summed E-state index contributed by atoms with van der Waals surface area (Å²) in [6, 6.07) is 0. The second kappa shape index (κ2) is 6.64. The topological polar surface area (TPSA) is 79.7 Å². The van der Waals surface area contributed by atoms with Crippen molar-refractivity contribution in [2.45, 2.75) is 51.6 Å². The molecule has 7 heteroatoms. The zero-order chi connectivity index (χ0) is 16.3. The van der Waals surface area contributed by atoms with Gasteiger partial charge >= 0.3 is 12.1 Å². The number of hydrogen-bond donors (Lipinski definition) is 1. The summed E-state index contributed by atoms with van der Waals surface area (Å²) in [6.07, 6.45) is 1.51. The van der Waals surface area contributed by atoms with Gasteiger partial charge in [-0.1, -0.05) is 0 Å². The molecule has 0 unspecified atom stereocenters. The van der Waals surface area contributed by atoms with E-state index in [9.17, 15) is 9.59 Å². The molecule has 1 aliphatic rings. The van der Waals surface area contributed by atoms with Crippen LogP contribution >= 0.6 is 11.3 Å². The Kier molecular flexibility index (Phi) is 5.05. The third-order valence-corrected chi connectivity index (χ3v) is 4.38. The molecule has 1 aliphatic heterocycles. The first-order valence-corrected chi connectivity index (χ1v) is 8.26. The molecule has 1 atom stereocenters. The van der Waals surface area contributed by atoms with E-state index in [0.717, 1.165) is 17.8 Å². The zero-order valence-corrected chi connectivity index (χ0v) is 14.0. The van der Waals surface area contributed by atoms with Gasteiger partial charge in [0.25, 0.3) is 0 Å². The minimum atomic E-state index is -0.879. The van der Waals surface area contributed by atoms with Gasteiger partial charge in [-0.2, -0.15) is 0 Å². The highest BCUT2D eigenvalue weighted by Gasteiger charge is 2.29. The summed E-state index contributed by atoms with van der Waals surface area (Å²) < 4.78 is 5.41. The Bertz CT molecular complexity index is 550. The Morgan fingerprint density at radius 1 is 1.50 bits per heavy atom. The molecule has 0 aromatic carbocycles. The molecule has 1 N–H and O–H groups in total. The number of rotatable bonds is 3. The molecule has 2 rings (SSSR count). The van der Waals surface area contributed by atoms with Crippen molar-refractivity contribution in [3.63, 3.8) is 0 Å². The van der Waals surface area contributed by atoms with Crippen molar-refractivity contribution in [2.75, 3.05) is 13.1 Å². The van der Waals surface area contributed by atoms with Gasteiger partial charge in [0.2, 0.25) is 0 Å². The van der Waals surface area contributed by atoms with E-state index in [4.69, 9.17) is 9.84 Å². The van der Waals surface area contributed by atoms with E-state index in [-0.39, 0.29) is 18.4 Å². The number of amides is 1.